The summed E-state index contributed by atoms with van der Waals surface area (Å²) in [5, 5.41) is 4.58. The fourth-order valence-electron chi connectivity index (χ4n) is 2.68. The van der Waals surface area contributed by atoms with E-state index in [9.17, 15) is 8.42 Å². The normalized spacial score (nSPS) is 17.3. The van der Waals surface area contributed by atoms with Gasteiger partial charge in [-0.15, -0.1) is 0 Å². The number of aromatic nitrogens is 1. The third kappa shape index (κ3) is 3.92. The molecule has 2 heterocycles. The van der Waals surface area contributed by atoms with Crippen LogP contribution in [0.4, 0.5) is 0 Å². The van der Waals surface area contributed by atoms with Crippen molar-refractivity contribution in [1.82, 2.24) is 14.4 Å². The van der Waals surface area contributed by atoms with E-state index in [1.54, 1.807) is 0 Å². The van der Waals surface area contributed by atoms with Crippen molar-refractivity contribution < 1.29 is 12.9 Å². The molecule has 2 aromatic rings. The number of benzene rings is 1. The molecule has 1 aliphatic heterocycles. The average molecular weight is 390 g/mol. The van der Waals surface area contributed by atoms with E-state index in [4.69, 9.17) is 27.7 Å². The second kappa shape index (κ2) is 7.01. The van der Waals surface area contributed by atoms with Crippen LogP contribution < -0.4 is 0 Å². The molecule has 0 unspecified atom stereocenters. The molecule has 1 aliphatic rings. The van der Waals surface area contributed by atoms with Crippen LogP contribution in [-0.4, -0.2) is 49.0 Å². The largest absolute Gasteiger partial charge is 0.361 e. The van der Waals surface area contributed by atoms with E-state index < -0.39 is 10.0 Å². The lowest BCUT2D eigenvalue weighted by Gasteiger charge is -2.33. The average Bonchev–Trinajstić information content (AvgIpc) is 2.92. The summed E-state index contributed by atoms with van der Waals surface area (Å²) in [6, 6.07) is 6.25. The van der Waals surface area contributed by atoms with Crippen LogP contribution in [0.15, 0.2) is 33.7 Å². The molecular weight excluding hydrogens is 373 g/mol. The van der Waals surface area contributed by atoms with Crippen LogP contribution in [0.5, 0.6) is 0 Å². The summed E-state index contributed by atoms with van der Waals surface area (Å²) in [5.41, 5.74) is 0.852. The molecule has 0 bridgehead atoms. The Morgan fingerprint density at radius 2 is 1.71 bits per heavy atom. The number of hydrogen-bond acceptors (Lipinski definition) is 5. The van der Waals surface area contributed by atoms with E-state index in [0.29, 0.717) is 42.8 Å². The summed E-state index contributed by atoms with van der Waals surface area (Å²) >= 11 is 11.8. The molecule has 24 heavy (non-hydrogen) atoms. The molecular formula is C15H17Cl2N3O3S. The third-order valence-corrected chi connectivity index (χ3v) is 6.18. The van der Waals surface area contributed by atoms with Gasteiger partial charge in [-0.2, -0.15) is 4.31 Å². The third-order valence-electron chi connectivity index (χ3n) is 3.87. The summed E-state index contributed by atoms with van der Waals surface area (Å²) in [6.07, 6.45) is 0. The van der Waals surface area contributed by atoms with Crippen LogP contribution in [0.3, 0.4) is 0 Å². The Kier molecular flexibility index (Phi) is 5.17. The standard InChI is InChI=1S/C15H17Cl2N3O3S/c1-11-6-14(18-23-11)10-19-2-4-20(5-3-19)24(21,22)15-8-12(16)7-13(17)9-15/h6-9H,2-5,10H2,1H3. The van der Waals surface area contributed by atoms with E-state index in [1.807, 2.05) is 13.0 Å². The Labute approximate surface area is 151 Å². The molecule has 1 aromatic heterocycles. The quantitative estimate of drug-likeness (QED) is 0.803. The van der Waals surface area contributed by atoms with E-state index in [-0.39, 0.29) is 4.90 Å². The summed E-state index contributed by atoms with van der Waals surface area (Å²) < 4.78 is 32.0. The van der Waals surface area contributed by atoms with Gasteiger partial charge in [-0.05, 0) is 25.1 Å². The first-order valence-electron chi connectivity index (χ1n) is 7.45. The Morgan fingerprint density at radius 1 is 1.08 bits per heavy atom. The lowest BCUT2D eigenvalue weighted by Crippen LogP contribution is -2.48. The second-order valence-electron chi connectivity index (χ2n) is 5.71. The maximum absolute atomic E-state index is 12.7. The van der Waals surface area contributed by atoms with E-state index in [1.165, 1.54) is 22.5 Å². The first-order valence-corrected chi connectivity index (χ1v) is 9.65. The van der Waals surface area contributed by atoms with Crippen LogP contribution in [0.25, 0.3) is 0 Å². The molecule has 1 fully saturated rings. The molecule has 0 radical (unpaired) electrons. The second-order valence-corrected chi connectivity index (χ2v) is 8.53. The molecule has 0 N–H and O–H groups in total. The predicted molar refractivity (Wildman–Crippen MR) is 91.7 cm³/mol. The predicted octanol–water partition coefficient (Wildman–Crippen LogP) is 2.80. The van der Waals surface area contributed by atoms with Gasteiger partial charge in [0.1, 0.15) is 5.76 Å². The summed E-state index contributed by atoms with van der Waals surface area (Å²) in [6.45, 7) is 4.55. The van der Waals surface area contributed by atoms with Gasteiger partial charge in [0.25, 0.3) is 0 Å². The highest BCUT2D eigenvalue weighted by Crippen LogP contribution is 2.25. The first-order chi connectivity index (χ1) is 11.3. The SMILES string of the molecule is Cc1cc(CN2CCN(S(=O)(=O)c3cc(Cl)cc(Cl)c3)CC2)no1. The van der Waals surface area contributed by atoms with Crippen molar-refractivity contribution in [2.45, 2.75) is 18.4 Å². The van der Waals surface area contributed by atoms with E-state index in [2.05, 4.69) is 10.1 Å². The van der Waals surface area contributed by atoms with Crippen molar-refractivity contribution in [1.29, 1.82) is 0 Å². The topological polar surface area (TPSA) is 66.7 Å². The fourth-order valence-corrected chi connectivity index (χ4v) is 4.83. The molecule has 0 amide bonds. The minimum Gasteiger partial charge on any atom is -0.361 e. The van der Waals surface area contributed by atoms with Crippen molar-refractivity contribution >= 4 is 33.2 Å². The van der Waals surface area contributed by atoms with Gasteiger partial charge in [0.2, 0.25) is 10.0 Å². The van der Waals surface area contributed by atoms with Crippen molar-refractivity contribution in [3.05, 3.63) is 45.8 Å². The van der Waals surface area contributed by atoms with Crippen LogP contribution in [-0.2, 0) is 16.6 Å². The molecule has 9 heteroatoms. The molecule has 0 saturated carbocycles. The Morgan fingerprint density at radius 3 is 2.25 bits per heavy atom. The van der Waals surface area contributed by atoms with Crippen molar-refractivity contribution in [3.8, 4) is 0 Å². The van der Waals surface area contributed by atoms with Gasteiger partial charge in [-0.3, -0.25) is 4.90 Å². The van der Waals surface area contributed by atoms with Crippen LogP contribution >= 0.6 is 23.2 Å². The van der Waals surface area contributed by atoms with Gasteiger partial charge in [0.15, 0.2) is 0 Å². The monoisotopic (exact) mass is 389 g/mol. The zero-order chi connectivity index (χ0) is 17.3. The number of sulfonamides is 1. The summed E-state index contributed by atoms with van der Waals surface area (Å²) in [5.74, 6) is 0.768. The number of rotatable bonds is 4. The number of nitrogens with zero attached hydrogens (tertiary/aromatic N) is 3. The Bertz CT molecular complexity index is 810. The van der Waals surface area contributed by atoms with Gasteiger partial charge in [0, 0.05) is 48.8 Å². The molecule has 0 spiro atoms. The smallest absolute Gasteiger partial charge is 0.243 e. The number of aryl methyl sites for hydroxylation is 1. The lowest BCUT2D eigenvalue weighted by atomic mass is 10.3. The zero-order valence-electron chi connectivity index (χ0n) is 13.1. The minimum atomic E-state index is -3.60. The maximum atomic E-state index is 12.7. The Balaban J connectivity index is 1.67. The molecule has 0 atom stereocenters. The molecule has 130 valence electrons. The van der Waals surface area contributed by atoms with Gasteiger partial charge >= 0.3 is 0 Å². The van der Waals surface area contributed by atoms with Crippen molar-refractivity contribution in [2.75, 3.05) is 26.2 Å². The van der Waals surface area contributed by atoms with Crippen LogP contribution in [0.2, 0.25) is 10.0 Å². The number of hydrogen-bond donors (Lipinski definition) is 0. The Hall–Kier alpha value is -1.12. The fraction of sp³-hybridized carbons (Fsp3) is 0.400. The van der Waals surface area contributed by atoms with Crippen LogP contribution in [0.1, 0.15) is 11.5 Å². The summed E-state index contributed by atoms with van der Waals surface area (Å²) in [4.78, 5) is 2.27. The van der Waals surface area contributed by atoms with Gasteiger partial charge in [-0.1, -0.05) is 28.4 Å². The van der Waals surface area contributed by atoms with Crippen molar-refractivity contribution in [3.63, 3.8) is 0 Å². The number of halogens is 2. The maximum Gasteiger partial charge on any atom is 0.243 e. The molecule has 1 saturated heterocycles. The van der Waals surface area contributed by atoms with E-state index >= 15 is 0 Å². The number of piperazine rings is 1. The van der Waals surface area contributed by atoms with Gasteiger partial charge < -0.3 is 4.52 Å². The molecule has 1 aromatic carbocycles. The minimum absolute atomic E-state index is 0.126. The van der Waals surface area contributed by atoms with Crippen LogP contribution in [0, 0.1) is 6.92 Å². The highest BCUT2D eigenvalue weighted by molar-refractivity contribution is 7.89. The lowest BCUT2D eigenvalue weighted by molar-refractivity contribution is 0.177. The highest BCUT2D eigenvalue weighted by Gasteiger charge is 2.29. The highest BCUT2D eigenvalue weighted by atomic mass is 35.5. The molecule has 6 nitrogen and oxygen atoms in total. The molecule has 0 aliphatic carbocycles. The van der Waals surface area contributed by atoms with Gasteiger partial charge in [-0.25, -0.2) is 8.42 Å². The van der Waals surface area contributed by atoms with E-state index in [0.717, 1.165) is 11.5 Å². The molecule has 3 rings (SSSR count). The first kappa shape index (κ1) is 17.7. The zero-order valence-corrected chi connectivity index (χ0v) is 15.4. The van der Waals surface area contributed by atoms with Gasteiger partial charge in [0.05, 0.1) is 10.6 Å². The summed E-state index contributed by atoms with van der Waals surface area (Å²) in [7, 11) is -3.60. The van der Waals surface area contributed by atoms with Crippen molar-refractivity contribution in [2.24, 2.45) is 0 Å².